The Labute approximate surface area is 152 Å². The fourth-order valence-corrected chi connectivity index (χ4v) is 4.04. The predicted octanol–water partition coefficient (Wildman–Crippen LogP) is 4.01. The topological polar surface area (TPSA) is 32.3 Å². The van der Waals surface area contributed by atoms with Crippen LogP contribution >= 0.6 is 12.4 Å². The Hall–Kier alpha value is -1.27. The third-order valence-electron chi connectivity index (χ3n) is 5.27. The number of halogens is 4. The van der Waals surface area contributed by atoms with Gasteiger partial charge in [-0.05, 0) is 36.8 Å². The maximum absolute atomic E-state index is 13.1. The second-order valence-electron chi connectivity index (χ2n) is 6.96. The normalized spacial score (nSPS) is 25.8. The van der Waals surface area contributed by atoms with Gasteiger partial charge in [-0.15, -0.1) is 12.4 Å². The lowest BCUT2D eigenvalue weighted by molar-refractivity contribution is -0.139. The first-order valence-corrected chi connectivity index (χ1v) is 8.52. The summed E-state index contributed by atoms with van der Waals surface area (Å²) in [4.78, 5) is 14.1. The molecule has 1 amide bonds. The second-order valence-corrected chi connectivity index (χ2v) is 6.96. The number of nitrogens with one attached hydrogen (secondary N) is 1. The van der Waals surface area contributed by atoms with E-state index in [2.05, 4.69) is 5.32 Å². The van der Waals surface area contributed by atoms with Crippen molar-refractivity contribution >= 4 is 18.3 Å². The van der Waals surface area contributed by atoms with Crippen LogP contribution in [0, 0.1) is 5.92 Å². The van der Waals surface area contributed by atoms with Crippen molar-refractivity contribution in [3.8, 4) is 0 Å². The van der Waals surface area contributed by atoms with Gasteiger partial charge in [0, 0.05) is 19.6 Å². The molecule has 0 spiro atoms. The van der Waals surface area contributed by atoms with Gasteiger partial charge in [-0.1, -0.05) is 31.0 Å². The first kappa shape index (κ1) is 20.0. The Morgan fingerprint density at radius 2 is 1.92 bits per heavy atom. The van der Waals surface area contributed by atoms with Crippen LogP contribution in [0.4, 0.5) is 13.2 Å². The number of benzene rings is 1. The number of rotatable bonds is 3. The van der Waals surface area contributed by atoms with Crippen LogP contribution in [0.1, 0.15) is 43.2 Å². The van der Waals surface area contributed by atoms with Gasteiger partial charge in [0.2, 0.25) is 5.91 Å². The van der Waals surface area contributed by atoms with Crippen molar-refractivity contribution < 1.29 is 18.0 Å². The molecule has 1 heterocycles. The summed E-state index contributed by atoms with van der Waals surface area (Å²) in [6.45, 7) is -0.0258. The molecule has 25 heavy (non-hydrogen) atoms. The Balaban J connectivity index is 0.00000225. The number of amides is 1. The van der Waals surface area contributed by atoms with Gasteiger partial charge in [-0.2, -0.15) is 13.2 Å². The van der Waals surface area contributed by atoms with Crippen LogP contribution < -0.4 is 5.32 Å². The van der Waals surface area contributed by atoms with Crippen molar-refractivity contribution in [3.05, 3.63) is 35.4 Å². The van der Waals surface area contributed by atoms with Gasteiger partial charge in [0.15, 0.2) is 0 Å². The van der Waals surface area contributed by atoms with Crippen molar-refractivity contribution in [2.75, 3.05) is 7.05 Å². The fourth-order valence-electron chi connectivity index (χ4n) is 4.04. The van der Waals surface area contributed by atoms with E-state index in [9.17, 15) is 18.0 Å². The Bertz CT molecular complexity index is 594. The van der Waals surface area contributed by atoms with Crippen molar-refractivity contribution in [1.82, 2.24) is 10.2 Å². The number of hydrogen-bond acceptors (Lipinski definition) is 2. The minimum atomic E-state index is -4.40. The van der Waals surface area contributed by atoms with Crippen LogP contribution in [0.5, 0.6) is 0 Å². The molecule has 140 valence electrons. The smallest absolute Gasteiger partial charge is 0.340 e. The summed E-state index contributed by atoms with van der Waals surface area (Å²) >= 11 is 0. The van der Waals surface area contributed by atoms with Crippen LogP contribution in [0.15, 0.2) is 24.3 Å². The minimum Gasteiger partial charge on any atom is -0.340 e. The summed E-state index contributed by atoms with van der Waals surface area (Å²) in [5.41, 5.74) is -0.533. The molecule has 1 saturated carbocycles. The molecule has 3 rings (SSSR count). The van der Waals surface area contributed by atoms with Crippen LogP contribution in [0.2, 0.25) is 0 Å². The monoisotopic (exact) mass is 376 g/mol. The molecule has 0 radical (unpaired) electrons. The highest BCUT2D eigenvalue weighted by molar-refractivity contribution is 5.85. The van der Waals surface area contributed by atoms with Gasteiger partial charge in [0.1, 0.15) is 0 Å². The third kappa shape index (κ3) is 4.47. The van der Waals surface area contributed by atoms with Crippen LogP contribution in [0.3, 0.4) is 0 Å². The number of hydrogen-bond donors (Lipinski definition) is 1. The van der Waals surface area contributed by atoms with Gasteiger partial charge >= 0.3 is 6.18 Å². The van der Waals surface area contributed by atoms with E-state index in [0.29, 0.717) is 12.0 Å². The fraction of sp³-hybridized carbons (Fsp3) is 0.611. The Morgan fingerprint density at radius 3 is 2.60 bits per heavy atom. The first-order chi connectivity index (χ1) is 11.4. The maximum atomic E-state index is 13.1. The summed E-state index contributed by atoms with van der Waals surface area (Å²) in [5.74, 6) is 0.421. The van der Waals surface area contributed by atoms with Crippen LogP contribution in [-0.4, -0.2) is 29.9 Å². The zero-order valence-electron chi connectivity index (χ0n) is 14.2. The number of carbonyl (C=O) groups excluding carboxylic acids is 1. The maximum Gasteiger partial charge on any atom is 0.416 e. The van der Waals surface area contributed by atoms with E-state index in [4.69, 9.17) is 0 Å². The van der Waals surface area contributed by atoms with Crippen LogP contribution in [0.25, 0.3) is 0 Å². The summed E-state index contributed by atoms with van der Waals surface area (Å²) in [6, 6.07) is 5.58. The van der Waals surface area contributed by atoms with E-state index in [1.165, 1.54) is 29.9 Å². The third-order valence-corrected chi connectivity index (χ3v) is 5.27. The average molecular weight is 377 g/mol. The minimum absolute atomic E-state index is 0. The number of nitrogens with zero attached hydrogens (tertiary/aromatic N) is 1. The van der Waals surface area contributed by atoms with E-state index < -0.39 is 11.7 Å². The average Bonchev–Trinajstić information content (AvgIpc) is 2.97. The van der Waals surface area contributed by atoms with E-state index in [-0.39, 0.29) is 36.5 Å². The van der Waals surface area contributed by atoms with E-state index in [1.54, 1.807) is 13.1 Å². The molecule has 3 atom stereocenters. The molecule has 2 fully saturated rings. The summed E-state index contributed by atoms with van der Waals surface area (Å²) < 4.78 is 39.3. The lowest BCUT2D eigenvalue weighted by Gasteiger charge is -2.24. The molecule has 1 aromatic carbocycles. The standard InChI is InChI=1S/C18H23F3N2O.ClH/c1-23(11-13-7-2-4-8-14(13)18(19,20)21)17(24)16-10-12-6-3-5-9-15(12)22-16;/h2,4,7-8,12,15-16,22H,3,5-6,9-11H2,1H3;1H. The number of carbonyl (C=O) groups is 1. The van der Waals surface area contributed by atoms with Crippen molar-refractivity contribution in [3.63, 3.8) is 0 Å². The molecule has 2 aliphatic rings. The predicted molar refractivity (Wildman–Crippen MR) is 92.5 cm³/mol. The van der Waals surface area contributed by atoms with E-state index >= 15 is 0 Å². The molecule has 1 saturated heterocycles. The first-order valence-electron chi connectivity index (χ1n) is 8.52. The Kier molecular flexibility index (Phi) is 6.38. The molecule has 3 nitrogen and oxygen atoms in total. The van der Waals surface area contributed by atoms with Gasteiger partial charge in [-0.25, -0.2) is 0 Å². The lowest BCUT2D eigenvalue weighted by atomic mass is 9.85. The second kappa shape index (κ2) is 7.96. The summed E-state index contributed by atoms with van der Waals surface area (Å²) in [5, 5.41) is 3.39. The van der Waals surface area contributed by atoms with E-state index in [0.717, 1.165) is 25.3 Å². The Morgan fingerprint density at radius 1 is 1.24 bits per heavy atom. The van der Waals surface area contributed by atoms with Crippen molar-refractivity contribution in [2.24, 2.45) is 5.92 Å². The zero-order chi connectivity index (χ0) is 17.3. The summed E-state index contributed by atoms with van der Waals surface area (Å²) in [6.07, 6.45) is 1.02. The SMILES string of the molecule is CN(Cc1ccccc1C(F)(F)F)C(=O)C1CC2CCCCC2N1.Cl. The van der Waals surface area contributed by atoms with Gasteiger partial charge in [-0.3, -0.25) is 4.79 Å². The largest absolute Gasteiger partial charge is 0.416 e. The van der Waals surface area contributed by atoms with Crippen LogP contribution in [-0.2, 0) is 17.5 Å². The molecule has 1 N–H and O–H groups in total. The van der Waals surface area contributed by atoms with Gasteiger partial charge in [0.25, 0.3) is 0 Å². The number of likely N-dealkylation sites (N-methyl/N-ethyl adjacent to an activating group) is 1. The molecule has 1 aliphatic heterocycles. The zero-order valence-corrected chi connectivity index (χ0v) is 15.0. The highest BCUT2D eigenvalue weighted by atomic mass is 35.5. The number of alkyl halides is 3. The highest BCUT2D eigenvalue weighted by Crippen LogP contribution is 2.35. The molecule has 7 heteroatoms. The molecule has 3 unspecified atom stereocenters. The van der Waals surface area contributed by atoms with Gasteiger partial charge in [0.05, 0.1) is 11.6 Å². The molecule has 1 aromatic rings. The molecule has 1 aliphatic carbocycles. The molecular formula is C18H24ClF3N2O. The molecule has 0 bridgehead atoms. The van der Waals surface area contributed by atoms with E-state index in [1.807, 2.05) is 0 Å². The van der Waals surface area contributed by atoms with Gasteiger partial charge < -0.3 is 10.2 Å². The lowest BCUT2D eigenvalue weighted by Crippen LogP contribution is -2.43. The highest BCUT2D eigenvalue weighted by Gasteiger charge is 2.39. The number of fused-ring (bicyclic) bond motifs is 1. The van der Waals surface area contributed by atoms with Crippen molar-refractivity contribution in [1.29, 1.82) is 0 Å². The van der Waals surface area contributed by atoms with Crippen molar-refractivity contribution in [2.45, 2.75) is 56.9 Å². The summed E-state index contributed by atoms with van der Waals surface area (Å²) in [7, 11) is 1.58. The molecule has 0 aromatic heterocycles. The molecular weight excluding hydrogens is 353 g/mol. The quantitative estimate of drug-likeness (QED) is 0.864.